The monoisotopic (exact) mass is 259 g/mol. The maximum atomic E-state index is 4.44. The van der Waals surface area contributed by atoms with Gasteiger partial charge in [-0.05, 0) is 36.3 Å². The van der Waals surface area contributed by atoms with Gasteiger partial charge in [0, 0.05) is 29.3 Å². The molecular weight excluding hydrogens is 246 g/mol. The second-order valence-electron chi connectivity index (χ2n) is 5.01. The number of allylic oxidation sites excluding steroid dienone is 1. The molecule has 3 aromatic rings. The van der Waals surface area contributed by atoms with E-state index in [0.717, 1.165) is 28.7 Å². The highest BCUT2D eigenvalue weighted by Gasteiger charge is 2.16. The second-order valence-corrected chi connectivity index (χ2v) is 5.01. The van der Waals surface area contributed by atoms with Gasteiger partial charge in [0.1, 0.15) is 6.33 Å². The molecule has 20 heavy (non-hydrogen) atoms. The van der Waals surface area contributed by atoms with Gasteiger partial charge in [-0.15, -0.1) is 0 Å². The Hall–Kier alpha value is -2.55. The minimum Gasteiger partial charge on any atom is -0.260 e. The Morgan fingerprint density at radius 1 is 1.05 bits per heavy atom. The summed E-state index contributed by atoms with van der Waals surface area (Å²) in [5, 5.41) is 1.11. The van der Waals surface area contributed by atoms with Crippen LogP contribution in [0.1, 0.15) is 22.5 Å². The molecule has 3 heteroatoms. The highest BCUT2D eigenvalue weighted by molar-refractivity contribution is 5.90. The summed E-state index contributed by atoms with van der Waals surface area (Å²) in [5.41, 5.74) is 6.87. The normalized spacial score (nSPS) is 13.3. The summed E-state index contributed by atoms with van der Waals surface area (Å²) < 4.78 is 0. The van der Waals surface area contributed by atoms with E-state index in [1.54, 1.807) is 6.33 Å². The fraction of sp³-hybridized carbons (Fsp3) is 0.118. The minimum absolute atomic E-state index is 0.911. The Bertz CT molecular complexity index is 850. The fourth-order valence-corrected chi connectivity index (χ4v) is 2.78. The van der Waals surface area contributed by atoms with Crippen molar-refractivity contribution in [2.45, 2.75) is 13.3 Å². The molecule has 4 rings (SSSR count). The first kappa shape index (κ1) is 11.3. The molecule has 2 heterocycles. The summed E-state index contributed by atoms with van der Waals surface area (Å²) in [4.78, 5) is 13.0. The lowest BCUT2D eigenvalue weighted by atomic mass is 9.99. The fourth-order valence-electron chi connectivity index (χ4n) is 2.78. The third-order valence-electron chi connectivity index (χ3n) is 3.83. The van der Waals surface area contributed by atoms with Crippen molar-refractivity contribution in [1.82, 2.24) is 15.0 Å². The van der Waals surface area contributed by atoms with Crippen LogP contribution in [0.2, 0.25) is 0 Å². The zero-order valence-electron chi connectivity index (χ0n) is 11.2. The van der Waals surface area contributed by atoms with E-state index in [4.69, 9.17) is 0 Å². The van der Waals surface area contributed by atoms with Crippen LogP contribution >= 0.6 is 0 Å². The predicted molar refractivity (Wildman–Crippen MR) is 79.3 cm³/mol. The molecule has 0 radical (unpaired) electrons. The third kappa shape index (κ3) is 1.63. The van der Waals surface area contributed by atoms with Crippen LogP contribution in [0.5, 0.6) is 0 Å². The lowest BCUT2D eigenvalue weighted by molar-refractivity contribution is 1.13. The number of aryl methyl sites for hydroxylation is 1. The zero-order valence-corrected chi connectivity index (χ0v) is 11.2. The van der Waals surface area contributed by atoms with Gasteiger partial charge in [0.25, 0.3) is 0 Å². The molecule has 0 amide bonds. The Kier molecular flexibility index (Phi) is 2.39. The van der Waals surface area contributed by atoms with Gasteiger partial charge < -0.3 is 0 Å². The molecule has 0 atom stereocenters. The van der Waals surface area contributed by atoms with E-state index in [9.17, 15) is 0 Å². The van der Waals surface area contributed by atoms with Crippen molar-refractivity contribution in [3.05, 3.63) is 71.4 Å². The third-order valence-corrected chi connectivity index (χ3v) is 3.83. The SMILES string of the molecule is Cc1ncnc2ccc(C3=CCc4ncccc43)cc12. The molecule has 0 saturated heterocycles. The Balaban J connectivity index is 1.90. The van der Waals surface area contributed by atoms with Crippen molar-refractivity contribution < 1.29 is 0 Å². The average Bonchev–Trinajstić information content (AvgIpc) is 2.91. The first-order valence-corrected chi connectivity index (χ1v) is 6.69. The molecule has 0 spiro atoms. The van der Waals surface area contributed by atoms with Crippen LogP contribution in [-0.2, 0) is 6.42 Å². The number of hydrogen-bond donors (Lipinski definition) is 0. The van der Waals surface area contributed by atoms with Crippen molar-refractivity contribution in [1.29, 1.82) is 0 Å². The largest absolute Gasteiger partial charge is 0.260 e. The highest BCUT2D eigenvalue weighted by atomic mass is 14.8. The number of benzene rings is 1. The van der Waals surface area contributed by atoms with Crippen LogP contribution in [0, 0.1) is 6.92 Å². The highest BCUT2D eigenvalue weighted by Crippen LogP contribution is 2.32. The molecule has 0 saturated carbocycles. The van der Waals surface area contributed by atoms with E-state index < -0.39 is 0 Å². The van der Waals surface area contributed by atoms with Crippen molar-refractivity contribution in [2.75, 3.05) is 0 Å². The summed E-state index contributed by atoms with van der Waals surface area (Å²) in [6.07, 6.45) is 6.63. The van der Waals surface area contributed by atoms with Crippen LogP contribution < -0.4 is 0 Å². The summed E-state index contributed by atoms with van der Waals surface area (Å²) in [7, 11) is 0. The van der Waals surface area contributed by atoms with E-state index in [1.165, 1.54) is 16.7 Å². The maximum absolute atomic E-state index is 4.44. The zero-order chi connectivity index (χ0) is 13.5. The number of rotatable bonds is 1. The molecule has 0 bridgehead atoms. The Morgan fingerprint density at radius 2 is 2.00 bits per heavy atom. The van der Waals surface area contributed by atoms with Crippen molar-refractivity contribution in [3.63, 3.8) is 0 Å². The molecule has 1 aromatic carbocycles. The van der Waals surface area contributed by atoms with Gasteiger partial charge in [-0.25, -0.2) is 9.97 Å². The Labute approximate surface area is 117 Å². The summed E-state index contributed by atoms with van der Waals surface area (Å²) in [6.45, 7) is 2.02. The quantitative estimate of drug-likeness (QED) is 0.673. The molecule has 0 fully saturated rings. The smallest absolute Gasteiger partial charge is 0.116 e. The van der Waals surface area contributed by atoms with Gasteiger partial charge in [0.15, 0.2) is 0 Å². The molecule has 0 N–H and O–H groups in total. The van der Waals surface area contributed by atoms with Gasteiger partial charge in [-0.1, -0.05) is 18.2 Å². The average molecular weight is 259 g/mol. The van der Waals surface area contributed by atoms with Gasteiger partial charge in [-0.3, -0.25) is 4.98 Å². The van der Waals surface area contributed by atoms with Crippen molar-refractivity contribution >= 4 is 16.5 Å². The van der Waals surface area contributed by atoms with Gasteiger partial charge >= 0.3 is 0 Å². The molecular formula is C17H13N3. The summed E-state index contributed by atoms with van der Waals surface area (Å²) in [6, 6.07) is 10.5. The van der Waals surface area contributed by atoms with Crippen LogP contribution in [0.25, 0.3) is 16.5 Å². The summed E-state index contributed by atoms with van der Waals surface area (Å²) in [5.74, 6) is 0. The predicted octanol–water partition coefficient (Wildman–Crippen LogP) is 3.32. The van der Waals surface area contributed by atoms with Crippen molar-refractivity contribution in [3.8, 4) is 0 Å². The molecule has 0 aliphatic heterocycles. The molecule has 3 nitrogen and oxygen atoms in total. The molecule has 1 aliphatic rings. The second kappa shape index (κ2) is 4.23. The van der Waals surface area contributed by atoms with E-state index in [-0.39, 0.29) is 0 Å². The minimum atomic E-state index is 0.911. The lowest BCUT2D eigenvalue weighted by Crippen LogP contribution is -1.92. The molecule has 96 valence electrons. The number of hydrogen-bond acceptors (Lipinski definition) is 3. The lowest BCUT2D eigenvalue weighted by Gasteiger charge is -2.07. The van der Waals surface area contributed by atoms with E-state index in [2.05, 4.69) is 45.3 Å². The molecule has 0 unspecified atom stereocenters. The van der Waals surface area contributed by atoms with Crippen LogP contribution in [0.4, 0.5) is 0 Å². The van der Waals surface area contributed by atoms with Crippen LogP contribution in [0.3, 0.4) is 0 Å². The topological polar surface area (TPSA) is 38.7 Å². The Morgan fingerprint density at radius 3 is 2.95 bits per heavy atom. The first-order chi connectivity index (χ1) is 9.83. The maximum Gasteiger partial charge on any atom is 0.116 e. The van der Waals surface area contributed by atoms with E-state index >= 15 is 0 Å². The van der Waals surface area contributed by atoms with E-state index in [1.807, 2.05) is 19.2 Å². The molecule has 1 aliphatic carbocycles. The van der Waals surface area contributed by atoms with E-state index in [0.29, 0.717) is 0 Å². The number of fused-ring (bicyclic) bond motifs is 2. The van der Waals surface area contributed by atoms with Gasteiger partial charge in [0.2, 0.25) is 0 Å². The van der Waals surface area contributed by atoms with Crippen LogP contribution in [-0.4, -0.2) is 15.0 Å². The number of aromatic nitrogens is 3. The van der Waals surface area contributed by atoms with Gasteiger partial charge in [0.05, 0.1) is 11.2 Å². The first-order valence-electron chi connectivity index (χ1n) is 6.69. The molecule has 2 aromatic heterocycles. The van der Waals surface area contributed by atoms with Crippen molar-refractivity contribution in [2.24, 2.45) is 0 Å². The van der Waals surface area contributed by atoms with Gasteiger partial charge in [-0.2, -0.15) is 0 Å². The van der Waals surface area contributed by atoms with Crippen LogP contribution in [0.15, 0.2) is 48.9 Å². The standard InChI is InChI=1S/C17H13N3/c1-11-15-9-12(4-6-17(15)20-10-19-11)13-5-7-16-14(13)3-2-8-18-16/h2-6,8-10H,7H2,1H3. The number of pyridine rings is 1. The number of nitrogens with zero attached hydrogens (tertiary/aromatic N) is 3. The summed E-state index contributed by atoms with van der Waals surface area (Å²) >= 11 is 0.